The SMILES string of the molecule is N#CCCCN(CC(=O)O)c1ccccc1. The molecule has 0 aliphatic carbocycles. The van der Waals surface area contributed by atoms with Gasteiger partial charge in [0.05, 0.1) is 6.07 Å². The zero-order valence-corrected chi connectivity index (χ0v) is 8.97. The molecule has 0 fully saturated rings. The Morgan fingerprint density at radius 2 is 2.06 bits per heavy atom. The first-order valence-electron chi connectivity index (χ1n) is 5.13. The third-order valence-electron chi connectivity index (χ3n) is 2.16. The molecule has 0 atom stereocenters. The number of unbranched alkanes of at least 4 members (excludes halogenated alkanes) is 1. The number of anilines is 1. The van der Waals surface area contributed by atoms with Crippen LogP contribution in [0.2, 0.25) is 0 Å². The van der Waals surface area contributed by atoms with Crippen molar-refractivity contribution in [3.8, 4) is 6.07 Å². The highest BCUT2D eigenvalue weighted by atomic mass is 16.4. The Morgan fingerprint density at radius 1 is 1.38 bits per heavy atom. The minimum absolute atomic E-state index is 0.0323. The molecule has 4 nitrogen and oxygen atoms in total. The summed E-state index contributed by atoms with van der Waals surface area (Å²) >= 11 is 0. The first kappa shape index (κ1) is 12.1. The Labute approximate surface area is 94.7 Å². The van der Waals surface area contributed by atoms with Crippen molar-refractivity contribution < 1.29 is 9.90 Å². The molecule has 0 saturated heterocycles. The number of carboxylic acids is 1. The Morgan fingerprint density at radius 3 is 2.62 bits per heavy atom. The summed E-state index contributed by atoms with van der Waals surface area (Å²) in [5, 5.41) is 17.2. The monoisotopic (exact) mass is 218 g/mol. The van der Waals surface area contributed by atoms with Crippen LogP contribution in [0.1, 0.15) is 12.8 Å². The van der Waals surface area contributed by atoms with Gasteiger partial charge in [-0.25, -0.2) is 0 Å². The average molecular weight is 218 g/mol. The highest BCUT2D eigenvalue weighted by Gasteiger charge is 2.09. The number of hydrogen-bond donors (Lipinski definition) is 1. The summed E-state index contributed by atoms with van der Waals surface area (Å²) in [6.07, 6.45) is 1.13. The number of para-hydroxylation sites is 1. The summed E-state index contributed by atoms with van der Waals surface area (Å²) < 4.78 is 0. The summed E-state index contributed by atoms with van der Waals surface area (Å²) in [6.45, 7) is 0.555. The lowest BCUT2D eigenvalue weighted by Gasteiger charge is -2.22. The Hall–Kier alpha value is -2.02. The molecule has 0 aliphatic rings. The number of rotatable bonds is 6. The van der Waals surface area contributed by atoms with Gasteiger partial charge in [0.25, 0.3) is 0 Å². The minimum Gasteiger partial charge on any atom is -0.480 e. The fourth-order valence-electron chi connectivity index (χ4n) is 1.45. The van der Waals surface area contributed by atoms with Crippen LogP contribution in [0, 0.1) is 11.3 Å². The van der Waals surface area contributed by atoms with E-state index in [-0.39, 0.29) is 6.54 Å². The molecule has 0 bridgehead atoms. The van der Waals surface area contributed by atoms with Crippen LogP contribution < -0.4 is 4.90 Å². The first-order valence-corrected chi connectivity index (χ1v) is 5.13. The molecule has 84 valence electrons. The van der Waals surface area contributed by atoms with Crippen LogP contribution in [0.15, 0.2) is 30.3 Å². The molecule has 0 aliphatic heterocycles. The van der Waals surface area contributed by atoms with E-state index in [0.29, 0.717) is 19.4 Å². The van der Waals surface area contributed by atoms with Gasteiger partial charge in [-0.3, -0.25) is 4.79 Å². The standard InChI is InChI=1S/C12H14N2O2/c13-8-4-5-9-14(10-12(15)16)11-6-2-1-3-7-11/h1-3,6-7H,4-5,9-10H2,(H,15,16). The van der Waals surface area contributed by atoms with Crippen molar-refractivity contribution in [2.24, 2.45) is 0 Å². The number of nitrogens with zero attached hydrogens (tertiary/aromatic N) is 2. The molecular weight excluding hydrogens is 204 g/mol. The van der Waals surface area contributed by atoms with Crippen LogP contribution in [0.5, 0.6) is 0 Å². The van der Waals surface area contributed by atoms with Crippen molar-refractivity contribution in [3.63, 3.8) is 0 Å². The lowest BCUT2D eigenvalue weighted by atomic mass is 10.2. The van der Waals surface area contributed by atoms with E-state index in [1.807, 2.05) is 30.3 Å². The van der Waals surface area contributed by atoms with Crippen molar-refractivity contribution >= 4 is 11.7 Å². The molecule has 4 heteroatoms. The molecule has 0 radical (unpaired) electrons. The van der Waals surface area contributed by atoms with Crippen LogP contribution in [0.25, 0.3) is 0 Å². The normalized spacial score (nSPS) is 9.44. The maximum absolute atomic E-state index is 10.7. The molecule has 0 spiro atoms. The summed E-state index contributed by atoms with van der Waals surface area (Å²) in [7, 11) is 0. The number of hydrogen-bond acceptors (Lipinski definition) is 3. The summed E-state index contributed by atoms with van der Waals surface area (Å²) in [5.74, 6) is -0.860. The van der Waals surface area contributed by atoms with E-state index in [9.17, 15) is 4.79 Å². The zero-order valence-electron chi connectivity index (χ0n) is 8.97. The van der Waals surface area contributed by atoms with Crippen LogP contribution in [0.3, 0.4) is 0 Å². The zero-order chi connectivity index (χ0) is 11.8. The topological polar surface area (TPSA) is 64.3 Å². The molecule has 16 heavy (non-hydrogen) atoms. The van der Waals surface area contributed by atoms with Gasteiger partial charge in [-0.05, 0) is 18.6 Å². The van der Waals surface area contributed by atoms with Crippen molar-refractivity contribution in [2.75, 3.05) is 18.0 Å². The molecule has 1 N–H and O–H groups in total. The quantitative estimate of drug-likeness (QED) is 0.740. The van der Waals surface area contributed by atoms with Gasteiger partial charge in [0.15, 0.2) is 0 Å². The molecule has 0 amide bonds. The predicted octanol–water partition coefficient (Wildman–Crippen LogP) is 1.88. The lowest BCUT2D eigenvalue weighted by Crippen LogP contribution is -2.30. The van der Waals surface area contributed by atoms with Crippen LogP contribution in [0.4, 0.5) is 5.69 Å². The van der Waals surface area contributed by atoms with E-state index < -0.39 is 5.97 Å². The van der Waals surface area contributed by atoms with Gasteiger partial charge >= 0.3 is 5.97 Å². The van der Waals surface area contributed by atoms with Crippen molar-refractivity contribution in [2.45, 2.75) is 12.8 Å². The second-order valence-corrected chi connectivity index (χ2v) is 3.41. The van der Waals surface area contributed by atoms with Gasteiger partial charge in [-0.2, -0.15) is 5.26 Å². The molecule has 1 aromatic carbocycles. The average Bonchev–Trinajstić information content (AvgIpc) is 2.29. The number of carbonyl (C=O) groups is 1. The number of carboxylic acid groups (broad SMARTS) is 1. The number of benzene rings is 1. The lowest BCUT2D eigenvalue weighted by molar-refractivity contribution is -0.135. The second-order valence-electron chi connectivity index (χ2n) is 3.41. The van der Waals surface area contributed by atoms with Crippen molar-refractivity contribution in [1.29, 1.82) is 5.26 Å². The molecule has 0 heterocycles. The van der Waals surface area contributed by atoms with Crippen LogP contribution >= 0.6 is 0 Å². The Balaban J connectivity index is 2.64. The largest absolute Gasteiger partial charge is 0.480 e. The van der Waals surface area contributed by atoms with Gasteiger partial charge < -0.3 is 10.0 Å². The van der Waals surface area contributed by atoms with Gasteiger partial charge in [0.1, 0.15) is 6.54 Å². The summed E-state index contributed by atoms with van der Waals surface area (Å²) in [6, 6.07) is 11.4. The van der Waals surface area contributed by atoms with Gasteiger partial charge in [-0.1, -0.05) is 18.2 Å². The minimum atomic E-state index is -0.860. The van der Waals surface area contributed by atoms with Crippen LogP contribution in [-0.2, 0) is 4.79 Å². The van der Waals surface area contributed by atoms with E-state index in [4.69, 9.17) is 10.4 Å². The molecule has 1 rings (SSSR count). The van der Waals surface area contributed by atoms with Gasteiger partial charge in [0, 0.05) is 18.7 Å². The van der Waals surface area contributed by atoms with E-state index in [1.165, 1.54) is 0 Å². The molecular formula is C12H14N2O2. The fraction of sp³-hybridized carbons (Fsp3) is 0.333. The maximum Gasteiger partial charge on any atom is 0.323 e. The third-order valence-corrected chi connectivity index (χ3v) is 2.16. The molecule has 1 aromatic rings. The third kappa shape index (κ3) is 4.01. The molecule has 0 aromatic heterocycles. The predicted molar refractivity (Wildman–Crippen MR) is 61.1 cm³/mol. The Bertz CT molecular complexity index is 370. The first-order chi connectivity index (χ1) is 7.74. The maximum atomic E-state index is 10.7. The van der Waals surface area contributed by atoms with Gasteiger partial charge in [-0.15, -0.1) is 0 Å². The number of nitriles is 1. The molecule has 0 unspecified atom stereocenters. The smallest absolute Gasteiger partial charge is 0.323 e. The highest BCUT2D eigenvalue weighted by molar-refractivity contribution is 5.73. The summed E-state index contributed by atoms with van der Waals surface area (Å²) in [4.78, 5) is 12.5. The second kappa shape index (κ2) is 6.46. The summed E-state index contributed by atoms with van der Waals surface area (Å²) in [5.41, 5.74) is 0.878. The molecule has 0 saturated carbocycles. The van der Waals surface area contributed by atoms with Crippen molar-refractivity contribution in [1.82, 2.24) is 0 Å². The van der Waals surface area contributed by atoms with Crippen molar-refractivity contribution in [3.05, 3.63) is 30.3 Å². The highest BCUT2D eigenvalue weighted by Crippen LogP contribution is 2.13. The van der Waals surface area contributed by atoms with Gasteiger partial charge in [0.2, 0.25) is 0 Å². The van der Waals surface area contributed by atoms with Crippen LogP contribution in [-0.4, -0.2) is 24.2 Å². The van der Waals surface area contributed by atoms with E-state index in [0.717, 1.165) is 5.69 Å². The fourth-order valence-corrected chi connectivity index (χ4v) is 1.45. The van der Waals surface area contributed by atoms with E-state index in [1.54, 1.807) is 4.90 Å². The Kier molecular flexibility index (Phi) is 4.87. The van der Waals surface area contributed by atoms with E-state index >= 15 is 0 Å². The van der Waals surface area contributed by atoms with E-state index in [2.05, 4.69) is 6.07 Å². The number of aliphatic carboxylic acids is 1.